The van der Waals surface area contributed by atoms with E-state index in [9.17, 15) is 4.79 Å². The Labute approximate surface area is 99.5 Å². The van der Waals surface area contributed by atoms with Gasteiger partial charge in [0.25, 0.3) is 0 Å². The van der Waals surface area contributed by atoms with E-state index in [1.54, 1.807) is 11.3 Å². The molecule has 0 saturated heterocycles. The maximum absolute atomic E-state index is 11.0. The second-order valence-electron chi connectivity index (χ2n) is 4.47. The van der Waals surface area contributed by atoms with Crippen LogP contribution in [-0.2, 0) is 11.3 Å². The molecule has 0 amide bonds. The number of carbonyl (C=O) groups is 1. The number of thiophene rings is 1. The minimum Gasteiger partial charge on any atom is -0.480 e. The van der Waals surface area contributed by atoms with Crippen molar-refractivity contribution in [3.63, 3.8) is 0 Å². The van der Waals surface area contributed by atoms with Crippen molar-refractivity contribution in [3.05, 3.63) is 21.4 Å². The highest BCUT2D eigenvalue weighted by molar-refractivity contribution is 7.12. The molecule has 4 heteroatoms. The van der Waals surface area contributed by atoms with Crippen molar-refractivity contribution in [2.75, 3.05) is 0 Å². The van der Waals surface area contributed by atoms with Gasteiger partial charge in [0, 0.05) is 16.3 Å². The molecule has 0 aromatic carbocycles. The van der Waals surface area contributed by atoms with E-state index in [1.807, 2.05) is 0 Å². The molecule has 1 aliphatic rings. The fourth-order valence-corrected chi connectivity index (χ4v) is 2.91. The summed E-state index contributed by atoms with van der Waals surface area (Å²) in [5.74, 6) is -0.371. The normalized spacial score (nSPS) is 17.4. The molecule has 0 radical (unpaired) electrons. The maximum atomic E-state index is 11.0. The van der Waals surface area contributed by atoms with Gasteiger partial charge in [-0.15, -0.1) is 11.3 Å². The molecule has 1 aromatic heterocycles. The molecule has 16 heavy (non-hydrogen) atoms. The molecule has 1 aliphatic carbocycles. The zero-order valence-electron chi connectivity index (χ0n) is 9.62. The van der Waals surface area contributed by atoms with Gasteiger partial charge in [0.1, 0.15) is 6.04 Å². The van der Waals surface area contributed by atoms with Crippen molar-refractivity contribution in [2.24, 2.45) is 5.92 Å². The molecule has 1 aromatic rings. The van der Waals surface area contributed by atoms with Crippen LogP contribution in [0.1, 0.15) is 28.2 Å². The smallest absolute Gasteiger partial charge is 0.320 e. The predicted molar refractivity (Wildman–Crippen MR) is 64.8 cm³/mol. The van der Waals surface area contributed by atoms with Crippen molar-refractivity contribution in [3.8, 4) is 0 Å². The molecule has 1 saturated carbocycles. The van der Waals surface area contributed by atoms with Crippen LogP contribution in [0, 0.1) is 19.8 Å². The quantitative estimate of drug-likeness (QED) is 0.829. The van der Waals surface area contributed by atoms with Crippen LogP contribution in [0.2, 0.25) is 0 Å². The Kier molecular flexibility index (Phi) is 3.30. The molecule has 3 nitrogen and oxygen atoms in total. The minimum absolute atomic E-state index is 0.345. The minimum atomic E-state index is -0.716. The van der Waals surface area contributed by atoms with Gasteiger partial charge in [0.15, 0.2) is 0 Å². The molecule has 1 unspecified atom stereocenters. The number of rotatable bonds is 5. The Hall–Kier alpha value is -0.870. The molecule has 88 valence electrons. The lowest BCUT2D eigenvalue weighted by Gasteiger charge is -2.13. The highest BCUT2D eigenvalue weighted by atomic mass is 32.1. The maximum Gasteiger partial charge on any atom is 0.320 e. The summed E-state index contributed by atoms with van der Waals surface area (Å²) in [5.41, 5.74) is 1.23. The van der Waals surface area contributed by atoms with Gasteiger partial charge in [0.05, 0.1) is 0 Å². The first-order valence-corrected chi connectivity index (χ1v) is 6.41. The fraction of sp³-hybridized carbons (Fsp3) is 0.583. The van der Waals surface area contributed by atoms with Gasteiger partial charge in [-0.3, -0.25) is 4.79 Å². The first kappa shape index (κ1) is 11.6. The van der Waals surface area contributed by atoms with Gasteiger partial charge < -0.3 is 10.4 Å². The Morgan fingerprint density at radius 3 is 2.75 bits per heavy atom. The molecule has 1 fully saturated rings. The monoisotopic (exact) mass is 239 g/mol. The lowest BCUT2D eigenvalue weighted by atomic mass is 10.1. The summed E-state index contributed by atoms with van der Waals surface area (Å²) < 4.78 is 0. The zero-order chi connectivity index (χ0) is 11.7. The third kappa shape index (κ3) is 2.62. The first-order valence-electron chi connectivity index (χ1n) is 5.60. The second-order valence-corrected chi connectivity index (χ2v) is 5.93. The lowest BCUT2D eigenvalue weighted by Crippen LogP contribution is -2.38. The summed E-state index contributed by atoms with van der Waals surface area (Å²) in [6.45, 7) is 4.84. The number of aryl methyl sites for hydroxylation is 2. The van der Waals surface area contributed by atoms with E-state index in [4.69, 9.17) is 5.11 Å². The average molecular weight is 239 g/mol. The molecule has 0 spiro atoms. The molecule has 0 aliphatic heterocycles. The lowest BCUT2D eigenvalue weighted by molar-refractivity contribution is -0.140. The van der Waals surface area contributed by atoms with E-state index < -0.39 is 5.97 Å². The van der Waals surface area contributed by atoms with E-state index in [0.717, 1.165) is 12.8 Å². The van der Waals surface area contributed by atoms with E-state index in [2.05, 4.69) is 25.2 Å². The van der Waals surface area contributed by atoms with Gasteiger partial charge in [-0.2, -0.15) is 0 Å². The van der Waals surface area contributed by atoms with Crippen molar-refractivity contribution < 1.29 is 9.90 Å². The summed E-state index contributed by atoms with van der Waals surface area (Å²) in [4.78, 5) is 13.6. The number of nitrogens with one attached hydrogen (secondary N) is 1. The molecule has 2 N–H and O–H groups in total. The summed E-state index contributed by atoms with van der Waals surface area (Å²) in [7, 11) is 0. The summed E-state index contributed by atoms with van der Waals surface area (Å²) in [6.07, 6.45) is 2.09. The number of carboxylic acid groups (broad SMARTS) is 1. The molecular weight excluding hydrogens is 222 g/mol. The number of hydrogen-bond donors (Lipinski definition) is 2. The number of aliphatic carboxylic acids is 1. The fourth-order valence-electron chi connectivity index (χ4n) is 1.96. The number of hydrogen-bond acceptors (Lipinski definition) is 3. The molecular formula is C12H17NO2S. The Morgan fingerprint density at radius 1 is 1.62 bits per heavy atom. The molecule has 0 bridgehead atoms. The van der Waals surface area contributed by atoms with E-state index >= 15 is 0 Å². The highest BCUT2D eigenvalue weighted by Crippen LogP contribution is 2.33. The van der Waals surface area contributed by atoms with Gasteiger partial charge in [-0.25, -0.2) is 0 Å². The molecule has 1 atom stereocenters. The van der Waals surface area contributed by atoms with Crippen molar-refractivity contribution >= 4 is 17.3 Å². The van der Waals surface area contributed by atoms with Crippen molar-refractivity contribution in [2.45, 2.75) is 39.3 Å². The van der Waals surface area contributed by atoms with Crippen LogP contribution in [0.4, 0.5) is 0 Å². The third-order valence-electron chi connectivity index (χ3n) is 3.02. The topological polar surface area (TPSA) is 49.3 Å². The molecule has 1 heterocycles. The Balaban J connectivity index is 1.95. The standard InChI is InChI=1S/C12H17NO2S/c1-7-5-10(8(2)16-7)6-13-11(12(14)15)9-3-4-9/h5,9,11,13H,3-4,6H2,1-2H3,(H,14,15). The summed E-state index contributed by atoms with van der Waals surface area (Å²) in [5, 5.41) is 12.2. The summed E-state index contributed by atoms with van der Waals surface area (Å²) in [6, 6.07) is 1.78. The van der Waals surface area contributed by atoms with Crippen LogP contribution in [0.25, 0.3) is 0 Å². The third-order valence-corrected chi connectivity index (χ3v) is 4.02. The van der Waals surface area contributed by atoms with Crippen LogP contribution < -0.4 is 5.32 Å². The highest BCUT2D eigenvalue weighted by Gasteiger charge is 2.35. The van der Waals surface area contributed by atoms with Gasteiger partial charge >= 0.3 is 5.97 Å². The van der Waals surface area contributed by atoms with Crippen LogP contribution in [0.15, 0.2) is 6.07 Å². The largest absolute Gasteiger partial charge is 0.480 e. The zero-order valence-corrected chi connectivity index (χ0v) is 10.4. The summed E-state index contributed by atoms with van der Waals surface area (Å²) >= 11 is 1.77. The Morgan fingerprint density at radius 2 is 2.31 bits per heavy atom. The van der Waals surface area contributed by atoms with Crippen molar-refractivity contribution in [1.29, 1.82) is 0 Å². The van der Waals surface area contributed by atoms with Crippen LogP contribution in [0.5, 0.6) is 0 Å². The predicted octanol–water partition coefficient (Wildman–Crippen LogP) is 2.32. The van der Waals surface area contributed by atoms with E-state index in [-0.39, 0.29) is 6.04 Å². The SMILES string of the molecule is Cc1cc(CNC(C(=O)O)C2CC2)c(C)s1. The van der Waals surface area contributed by atoms with E-state index in [0.29, 0.717) is 12.5 Å². The van der Waals surface area contributed by atoms with Gasteiger partial charge in [0.2, 0.25) is 0 Å². The van der Waals surface area contributed by atoms with Gasteiger partial charge in [-0.1, -0.05) is 0 Å². The average Bonchev–Trinajstić information content (AvgIpc) is 2.94. The van der Waals surface area contributed by atoms with Gasteiger partial charge in [-0.05, 0) is 44.2 Å². The molecule has 2 rings (SSSR count). The first-order chi connectivity index (χ1) is 7.58. The van der Waals surface area contributed by atoms with Crippen LogP contribution in [0.3, 0.4) is 0 Å². The Bertz CT molecular complexity index is 396. The second kappa shape index (κ2) is 4.55. The van der Waals surface area contributed by atoms with Crippen LogP contribution in [-0.4, -0.2) is 17.1 Å². The number of carboxylic acids is 1. The van der Waals surface area contributed by atoms with Crippen molar-refractivity contribution in [1.82, 2.24) is 5.32 Å². The van der Waals surface area contributed by atoms with Crippen LogP contribution >= 0.6 is 11.3 Å². The van der Waals surface area contributed by atoms with E-state index in [1.165, 1.54) is 15.3 Å².